The summed E-state index contributed by atoms with van der Waals surface area (Å²) < 4.78 is 13.9. The number of halogens is 2. The van der Waals surface area contributed by atoms with E-state index in [-0.39, 0.29) is 17.5 Å². The summed E-state index contributed by atoms with van der Waals surface area (Å²) in [6.45, 7) is 0. The molecule has 31 heavy (non-hydrogen) atoms. The van der Waals surface area contributed by atoms with Crippen molar-refractivity contribution in [3.8, 4) is 5.75 Å². The van der Waals surface area contributed by atoms with Gasteiger partial charge in [-0.25, -0.2) is 0 Å². The van der Waals surface area contributed by atoms with E-state index in [9.17, 15) is 14.3 Å². The van der Waals surface area contributed by atoms with E-state index >= 15 is 0 Å². The number of carbonyl (C=O) groups is 1. The van der Waals surface area contributed by atoms with Gasteiger partial charge in [-0.1, -0.05) is 0 Å². The molecule has 0 radical (unpaired) electrons. The third-order valence-corrected chi connectivity index (χ3v) is 12.7. The third-order valence-electron chi connectivity index (χ3n) is 5.58. The van der Waals surface area contributed by atoms with Crippen molar-refractivity contribution in [2.24, 2.45) is 0 Å². The standard InChI is InChI=1S/C26H21ClFO2P/c27-31(21-10-4-1-5-11-21,22-12-6-2-7-13-22,23-14-8-3-9-15-23)19-26(30)24-18-20(28)16-17-25(24)29/h1-18,29H,19H2. The Balaban J connectivity index is 2.03. The normalized spacial score (nSPS) is 12.6. The van der Waals surface area contributed by atoms with E-state index in [0.717, 1.165) is 28.0 Å². The molecule has 0 spiro atoms. The van der Waals surface area contributed by atoms with Gasteiger partial charge in [0.05, 0.1) is 0 Å². The number of Topliss-reactive ketones (excluding diaryl/α,β-unsaturated/α-hetero) is 1. The molecule has 0 fully saturated rings. The van der Waals surface area contributed by atoms with Gasteiger partial charge in [0.1, 0.15) is 0 Å². The number of hydrogen-bond donors (Lipinski definition) is 1. The summed E-state index contributed by atoms with van der Waals surface area (Å²) in [5, 5.41) is 12.8. The average Bonchev–Trinajstić information content (AvgIpc) is 2.82. The zero-order valence-electron chi connectivity index (χ0n) is 16.7. The second-order valence-electron chi connectivity index (χ2n) is 7.43. The summed E-state index contributed by atoms with van der Waals surface area (Å²) in [6.07, 6.45) is -0.0950. The number of hydrogen-bond acceptors (Lipinski definition) is 2. The van der Waals surface area contributed by atoms with Crippen LogP contribution in [0.15, 0.2) is 109 Å². The van der Waals surface area contributed by atoms with E-state index in [4.69, 9.17) is 11.2 Å². The molecule has 4 aromatic carbocycles. The Bertz CT molecular complexity index is 1110. The van der Waals surface area contributed by atoms with Gasteiger partial charge in [0, 0.05) is 0 Å². The van der Waals surface area contributed by atoms with Crippen LogP contribution >= 0.6 is 17.2 Å². The summed E-state index contributed by atoms with van der Waals surface area (Å²) in [6, 6.07) is 32.1. The minimum atomic E-state index is -3.84. The first-order valence-electron chi connectivity index (χ1n) is 9.85. The number of rotatable bonds is 6. The Labute approximate surface area is 185 Å². The molecule has 1 N–H and O–H groups in total. The van der Waals surface area contributed by atoms with E-state index in [2.05, 4.69) is 0 Å². The van der Waals surface area contributed by atoms with Crippen molar-refractivity contribution >= 4 is 38.9 Å². The van der Waals surface area contributed by atoms with Crippen molar-refractivity contribution in [1.82, 2.24) is 0 Å². The fourth-order valence-corrected chi connectivity index (χ4v) is 9.90. The predicted octanol–water partition coefficient (Wildman–Crippen LogP) is 5.40. The van der Waals surface area contributed by atoms with Crippen LogP contribution in [-0.4, -0.2) is 17.1 Å². The molecule has 5 heteroatoms. The van der Waals surface area contributed by atoms with Crippen LogP contribution in [0.2, 0.25) is 0 Å². The van der Waals surface area contributed by atoms with Crippen molar-refractivity contribution in [1.29, 1.82) is 0 Å². The zero-order valence-corrected chi connectivity index (χ0v) is 18.3. The molecule has 0 atom stereocenters. The van der Waals surface area contributed by atoms with Crippen LogP contribution in [0.3, 0.4) is 0 Å². The number of ketones is 1. The van der Waals surface area contributed by atoms with Gasteiger partial charge < -0.3 is 0 Å². The Morgan fingerprint density at radius 2 is 1.16 bits per heavy atom. The molecule has 0 aromatic heterocycles. The molecule has 4 aromatic rings. The Morgan fingerprint density at radius 1 is 0.742 bits per heavy atom. The summed E-state index contributed by atoms with van der Waals surface area (Å²) in [5.41, 5.74) is -0.0718. The van der Waals surface area contributed by atoms with Gasteiger partial charge in [0.2, 0.25) is 0 Å². The van der Waals surface area contributed by atoms with Gasteiger partial charge >= 0.3 is 186 Å². The topological polar surface area (TPSA) is 37.3 Å². The number of aromatic hydroxyl groups is 1. The van der Waals surface area contributed by atoms with E-state index in [1.54, 1.807) is 0 Å². The average molecular weight is 451 g/mol. The van der Waals surface area contributed by atoms with Crippen LogP contribution < -0.4 is 15.9 Å². The molecule has 4 rings (SSSR count). The van der Waals surface area contributed by atoms with Gasteiger partial charge in [-0.05, 0) is 0 Å². The van der Waals surface area contributed by atoms with E-state index in [1.807, 2.05) is 91.0 Å². The Kier molecular flexibility index (Phi) is 5.66. The monoisotopic (exact) mass is 450 g/mol. The fraction of sp³-hybridized carbons (Fsp3) is 0.0385. The maximum atomic E-state index is 13.9. The second kappa shape index (κ2) is 8.26. The third kappa shape index (κ3) is 3.65. The van der Waals surface area contributed by atoms with Crippen LogP contribution in [0.1, 0.15) is 10.4 Å². The first-order valence-corrected chi connectivity index (χ1v) is 13.2. The van der Waals surface area contributed by atoms with Crippen molar-refractivity contribution in [2.75, 3.05) is 6.16 Å². The quantitative estimate of drug-likeness (QED) is 0.315. The molecule has 0 unspecified atom stereocenters. The SMILES string of the molecule is O=C(CP(Cl)(c1ccccc1)(c1ccccc1)c1ccccc1)c1cc(F)ccc1O. The van der Waals surface area contributed by atoms with Crippen LogP contribution in [0.5, 0.6) is 5.75 Å². The molecule has 0 aliphatic rings. The molecular formula is C26H21ClFO2P. The van der Waals surface area contributed by atoms with Gasteiger partial charge in [0.25, 0.3) is 0 Å². The molecular weight excluding hydrogens is 430 g/mol. The first kappa shape index (κ1) is 21.2. The summed E-state index contributed by atoms with van der Waals surface area (Å²) in [7, 11) is 0. The van der Waals surface area contributed by atoms with Crippen molar-refractivity contribution in [3.05, 3.63) is 121 Å². The molecule has 0 heterocycles. The minimum absolute atomic E-state index is 0.0718. The number of benzene rings is 4. The Morgan fingerprint density at radius 3 is 1.58 bits per heavy atom. The Hall–Kier alpha value is -3.00. The van der Waals surface area contributed by atoms with Crippen LogP contribution in [0, 0.1) is 5.82 Å². The molecule has 0 saturated carbocycles. The van der Waals surface area contributed by atoms with Gasteiger partial charge in [0.15, 0.2) is 0 Å². The molecule has 0 bridgehead atoms. The van der Waals surface area contributed by atoms with Crippen molar-refractivity contribution in [3.63, 3.8) is 0 Å². The van der Waals surface area contributed by atoms with E-state index in [1.165, 1.54) is 6.07 Å². The summed E-state index contributed by atoms with van der Waals surface area (Å²) >= 11 is 7.85. The van der Waals surface area contributed by atoms with Gasteiger partial charge in [-0.15, -0.1) is 0 Å². The van der Waals surface area contributed by atoms with Crippen LogP contribution in [0.4, 0.5) is 4.39 Å². The van der Waals surface area contributed by atoms with E-state index < -0.39 is 17.6 Å². The summed E-state index contributed by atoms with van der Waals surface area (Å²) in [5.74, 6) is -5.10. The molecule has 0 aliphatic heterocycles. The zero-order chi connectivity index (χ0) is 21.9. The number of phenolic OH excluding ortho intramolecular Hbond substituents is 1. The fourth-order valence-electron chi connectivity index (χ4n) is 4.02. The van der Waals surface area contributed by atoms with Crippen molar-refractivity contribution in [2.45, 2.75) is 0 Å². The number of phenols is 1. The van der Waals surface area contributed by atoms with Gasteiger partial charge in [-0.3, -0.25) is 0 Å². The van der Waals surface area contributed by atoms with Crippen molar-refractivity contribution < 1.29 is 14.3 Å². The molecule has 0 amide bonds. The maximum absolute atomic E-state index is 13.9. The first-order chi connectivity index (χ1) is 14.9. The second-order valence-corrected chi connectivity index (χ2v) is 13.9. The summed E-state index contributed by atoms with van der Waals surface area (Å²) in [4.78, 5) is 13.6. The molecule has 0 saturated heterocycles. The molecule has 2 nitrogen and oxygen atoms in total. The molecule has 0 aliphatic carbocycles. The van der Waals surface area contributed by atoms with Gasteiger partial charge in [-0.2, -0.15) is 0 Å². The predicted molar refractivity (Wildman–Crippen MR) is 128 cm³/mol. The van der Waals surface area contributed by atoms with Crippen LogP contribution in [-0.2, 0) is 0 Å². The number of carbonyl (C=O) groups excluding carboxylic acids is 1. The van der Waals surface area contributed by atoms with Crippen LogP contribution in [0.25, 0.3) is 0 Å². The van der Waals surface area contributed by atoms with E-state index in [0.29, 0.717) is 0 Å². The molecule has 156 valence electrons.